The van der Waals surface area contributed by atoms with Crippen LogP contribution in [0.1, 0.15) is 30.4 Å². The first kappa shape index (κ1) is 28.4. The van der Waals surface area contributed by atoms with E-state index < -0.39 is 0 Å². The normalized spacial score (nSPS) is 13.6. The monoisotopic (exact) mass is 520 g/mol. The number of alkyl halides is 1. The molecule has 1 aliphatic rings. The SMILES string of the molecule is C=C(CCCCF)N1CCN(C)CC1.C=Cc1ccc2c(Cl)cc(-c3ccc(C(=C)NC)cc3)nc2c1. The summed E-state index contributed by atoms with van der Waals surface area (Å²) in [7, 11) is 4.00. The van der Waals surface area contributed by atoms with Gasteiger partial charge in [-0.25, -0.2) is 4.98 Å². The van der Waals surface area contributed by atoms with Crippen LogP contribution >= 0.6 is 11.6 Å². The molecule has 0 radical (unpaired) electrons. The second-order valence-electron chi connectivity index (χ2n) is 9.28. The van der Waals surface area contributed by atoms with Gasteiger partial charge in [0.05, 0.1) is 22.9 Å². The molecule has 0 saturated carbocycles. The van der Waals surface area contributed by atoms with Crippen LogP contribution in [0.4, 0.5) is 4.39 Å². The first-order valence-corrected chi connectivity index (χ1v) is 13.1. The van der Waals surface area contributed by atoms with Crippen LogP contribution in [0.25, 0.3) is 33.9 Å². The number of rotatable bonds is 9. The summed E-state index contributed by atoms with van der Waals surface area (Å²) in [5.74, 6) is 0. The topological polar surface area (TPSA) is 31.4 Å². The molecule has 1 aromatic heterocycles. The molecular formula is C31H38ClFN4. The van der Waals surface area contributed by atoms with Gasteiger partial charge in [-0.3, -0.25) is 4.39 Å². The van der Waals surface area contributed by atoms with Gasteiger partial charge in [-0.05, 0) is 49.6 Å². The summed E-state index contributed by atoms with van der Waals surface area (Å²) < 4.78 is 11.9. The van der Waals surface area contributed by atoms with Gasteiger partial charge in [0.15, 0.2) is 0 Å². The first-order valence-electron chi connectivity index (χ1n) is 12.7. The molecule has 0 bridgehead atoms. The zero-order chi connectivity index (χ0) is 26.8. The Hall–Kier alpha value is -3.15. The molecule has 0 aliphatic carbocycles. The van der Waals surface area contributed by atoms with E-state index >= 15 is 0 Å². The average Bonchev–Trinajstić information content (AvgIpc) is 2.93. The highest BCUT2D eigenvalue weighted by atomic mass is 35.5. The zero-order valence-corrected chi connectivity index (χ0v) is 22.8. The summed E-state index contributed by atoms with van der Waals surface area (Å²) in [5, 5.41) is 4.69. The Morgan fingerprint density at radius 1 is 1.05 bits per heavy atom. The number of pyridine rings is 1. The number of unbranched alkanes of at least 4 members (excludes halogenated alkanes) is 1. The highest BCUT2D eigenvalue weighted by molar-refractivity contribution is 6.35. The van der Waals surface area contributed by atoms with Crippen LogP contribution < -0.4 is 5.32 Å². The third-order valence-corrected chi connectivity index (χ3v) is 6.96. The molecule has 4 rings (SSSR count). The van der Waals surface area contributed by atoms with Crippen LogP contribution in [0.2, 0.25) is 5.02 Å². The molecule has 0 amide bonds. The number of likely N-dealkylation sites (N-methyl/N-ethyl adjacent to an activating group) is 1. The number of hydrogen-bond acceptors (Lipinski definition) is 4. The van der Waals surface area contributed by atoms with Gasteiger partial charge in [-0.1, -0.05) is 73.8 Å². The molecule has 2 aromatic carbocycles. The Bertz CT molecular complexity index is 1210. The van der Waals surface area contributed by atoms with Crippen LogP contribution in [0.3, 0.4) is 0 Å². The van der Waals surface area contributed by atoms with E-state index in [4.69, 9.17) is 16.6 Å². The van der Waals surface area contributed by atoms with E-state index in [0.29, 0.717) is 11.4 Å². The van der Waals surface area contributed by atoms with Crippen LogP contribution in [0.5, 0.6) is 0 Å². The predicted octanol–water partition coefficient (Wildman–Crippen LogP) is 7.28. The lowest BCUT2D eigenvalue weighted by molar-refractivity contribution is 0.182. The number of allylic oxidation sites excluding steroid dienone is 1. The van der Waals surface area contributed by atoms with Crippen molar-refractivity contribution in [1.29, 1.82) is 0 Å². The third-order valence-electron chi connectivity index (χ3n) is 6.65. The molecule has 1 aliphatic heterocycles. The van der Waals surface area contributed by atoms with Crippen molar-refractivity contribution < 1.29 is 4.39 Å². The lowest BCUT2D eigenvalue weighted by atomic mass is 10.1. The quantitative estimate of drug-likeness (QED) is 0.300. The van der Waals surface area contributed by atoms with Gasteiger partial charge < -0.3 is 15.1 Å². The number of nitrogens with one attached hydrogen (secondary N) is 1. The van der Waals surface area contributed by atoms with Gasteiger partial charge >= 0.3 is 0 Å². The summed E-state index contributed by atoms with van der Waals surface area (Å²) in [5.41, 5.74) is 6.89. The maximum Gasteiger partial charge on any atom is 0.0894 e. The highest BCUT2D eigenvalue weighted by Gasteiger charge is 2.14. The molecule has 0 spiro atoms. The van der Waals surface area contributed by atoms with Crippen molar-refractivity contribution in [3.8, 4) is 11.3 Å². The Kier molecular flexibility index (Phi) is 10.7. The zero-order valence-electron chi connectivity index (χ0n) is 22.1. The number of hydrogen-bond donors (Lipinski definition) is 1. The molecule has 2 heterocycles. The van der Waals surface area contributed by atoms with Crippen LogP contribution in [-0.4, -0.2) is 61.7 Å². The highest BCUT2D eigenvalue weighted by Crippen LogP contribution is 2.29. The Labute approximate surface area is 226 Å². The minimum atomic E-state index is -0.198. The molecule has 1 fully saturated rings. The van der Waals surface area contributed by atoms with Crippen molar-refractivity contribution in [2.75, 3.05) is 46.9 Å². The standard InChI is InChI=1S/C20H17ClN2.C11H21FN2/c1-4-14-5-10-17-18(21)12-19(23-20(17)11-14)16-8-6-15(7-9-16)13(2)22-3;1-11(5-3-4-6-12)14-9-7-13(2)8-10-14/h4-12,22H,1-2H2,3H3;1,3-10H2,2H3. The predicted molar refractivity (Wildman–Crippen MR) is 158 cm³/mol. The van der Waals surface area contributed by atoms with Gasteiger partial charge in [0.2, 0.25) is 0 Å². The number of aromatic nitrogens is 1. The van der Waals surface area contributed by atoms with Crippen molar-refractivity contribution in [3.63, 3.8) is 0 Å². The number of benzene rings is 2. The fraction of sp³-hybridized carbons (Fsp3) is 0.323. The first-order chi connectivity index (χ1) is 17.9. The summed E-state index contributed by atoms with van der Waals surface area (Å²) in [6.45, 7) is 16.0. The van der Waals surface area contributed by atoms with E-state index in [-0.39, 0.29) is 6.67 Å². The number of nitrogens with zero attached hydrogens (tertiary/aromatic N) is 3. The van der Waals surface area contributed by atoms with Crippen molar-refractivity contribution in [3.05, 3.63) is 90.1 Å². The fourth-order valence-electron chi connectivity index (χ4n) is 4.17. The summed E-state index contributed by atoms with van der Waals surface area (Å²) >= 11 is 6.42. The largest absolute Gasteiger partial charge is 0.388 e. The number of fused-ring (bicyclic) bond motifs is 1. The molecule has 0 atom stereocenters. The van der Waals surface area contributed by atoms with Crippen molar-refractivity contribution in [2.45, 2.75) is 19.3 Å². The lowest BCUT2D eigenvalue weighted by Gasteiger charge is -2.35. The van der Waals surface area contributed by atoms with Crippen LogP contribution in [-0.2, 0) is 0 Å². The minimum absolute atomic E-state index is 0.198. The average molecular weight is 521 g/mol. The van der Waals surface area contributed by atoms with Gasteiger partial charge in [0, 0.05) is 55.6 Å². The lowest BCUT2D eigenvalue weighted by Crippen LogP contribution is -2.43. The second kappa shape index (κ2) is 14.0. The van der Waals surface area contributed by atoms with Gasteiger partial charge in [-0.2, -0.15) is 0 Å². The number of halogens is 2. The molecule has 6 heteroatoms. The molecule has 4 nitrogen and oxygen atoms in total. The Balaban J connectivity index is 0.000000233. The maximum atomic E-state index is 11.9. The van der Waals surface area contributed by atoms with E-state index in [2.05, 4.69) is 41.9 Å². The maximum absolute atomic E-state index is 11.9. The van der Waals surface area contributed by atoms with E-state index in [1.165, 1.54) is 5.70 Å². The van der Waals surface area contributed by atoms with E-state index in [9.17, 15) is 4.39 Å². The summed E-state index contributed by atoms with van der Waals surface area (Å²) in [4.78, 5) is 9.40. The van der Waals surface area contributed by atoms with Gasteiger partial charge in [0.25, 0.3) is 0 Å². The fourth-order valence-corrected chi connectivity index (χ4v) is 4.43. The Morgan fingerprint density at radius 3 is 2.38 bits per heavy atom. The van der Waals surface area contributed by atoms with E-state index in [1.54, 1.807) is 6.08 Å². The van der Waals surface area contributed by atoms with Crippen molar-refractivity contribution >= 4 is 34.3 Å². The molecule has 37 heavy (non-hydrogen) atoms. The smallest absolute Gasteiger partial charge is 0.0894 e. The molecule has 1 N–H and O–H groups in total. The minimum Gasteiger partial charge on any atom is -0.388 e. The molecule has 196 valence electrons. The summed E-state index contributed by atoms with van der Waals surface area (Å²) in [6, 6.07) is 16.0. The summed E-state index contributed by atoms with van der Waals surface area (Å²) in [6.07, 6.45) is 4.36. The molecule has 3 aromatic rings. The van der Waals surface area contributed by atoms with Gasteiger partial charge in [0.1, 0.15) is 0 Å². The van der Waals surface area contributed by atoms with Gasteiger partial charge in [-0.15, -0.1) is 0 Å². The second-order valence-corrected chi connectivity index (χ2v) is 9.69. The molecule has 1 saturated heterocycles. The van der Waals surface area contributed by atoms with Crippen molar-refractivity contribution in [2.24, 2.45) is 0 Å². The van der Waals surface area contributed by atoms with E-state index in [1.807, 2.05) is 55.6 Å². The Morgan fingerprint density at radius 2 is 1.76 bits per heavy atom. The van der Waals surface area contributed by atoms with Crippen LogP contribution in [0.15, 0.2) is 74.0 Å². The third kappa shape index (κ3) is 7.91. The van der Waals surface area contributed by atoms with Crippen molar-refractivity contribution in [1.82, 2.24) is 20.1 Å². The molecule has 0 unspecified atom stereocenters. The van der Waals surface area contributed by atoms with E-state index in [0.717, 1.165) is 78.0 Å². The van der Waals surface area contributed by atoms with Crippen LogP contribution in [0, 0.1) is 0 Å². The molecular weight excluding hydrogens is 483 g/mol. The number of piperazine rings is 1.